The van der Waals surface area contributed by atoms with Gasteiger partial charge in [0.2, 0.25) is 0 Å². The molecule has 1 aromatic rings. The molecule has 0 amide bonds. The normalized spacial score (nSPS) is 25.4. The van der Waals surface area contributed by atoms with Crippen molar-refractivity contribution >= 4 is 0 Å². The fourth-order valence-electron chi connectivity index (χ4n) is 2.51. The second-order valence-corrected chi connectivity index (χ2v) is 4.60. The van der Waals surface area contributed by atoms with E-state index >= 15 is 0 Å². The van der Waals surface area contributed by atoms with Gasteiger partial charge in [0.15, 0.2) is 11.6 Å². The lowest BCUT2D eigenvalue weighted by molar-refractivity contribution is 0.372. The molecule has 1 aliphatic rings. The molecule has 0 atom stereocenters. The van der Waals surface area contributed by atoms with Crippen LogP contribution in [0.2, 0.25) is 0 Å². The quantitative estimate of drug-likeness (QED) is 0.701. The van der Waals surface area contributed by atoms with Crippen LogP contribution < -0.4 is 0 Å². The minimum Gasteiger partial charge on any atom is -0.216 e. The van der Waals surface area contributed by atoms with Gasteiger partial charge in [0.25, 0.3) is 0 Å². The zero-order valence-electron chi connectivity index (χ0n) is 9.50. The molecule has 0 radical (unpaired) electrons. The van der Waals surface area contributed by atoms with E-state index in [1.807, 2.05) is 0 Å². The highest BCUT2D eigenvalue weighted by Gasteiger charge is 2.21. The molecule has 0 nitrogen and oxygen atoms in total. The summed E-state index contributed by atoms with van der Waals surface area (Å²) in [6.45, 7) is 0. The molecule has 1 aromatic carbocycles. The van der Waals surface area contributed by atoms with E-state index in [0.717, 1.165) is 31.2 Å². The van der Waals surface area contributed by atoms with Crippen molar-refractivity contribution in [2.45, 2.75) is 31.6 Å². The van der Waals surface area contributed by atoms with Gasteiger partial charge >= 0.3 is 0 Å². The average Bonchev–Trinajstić information content (AvgIpc) is 2.34. The zero-order chi connectivity index (χ0) is 12.3. The highest BCUT2D eigenvalue weighted by Crippen LogP contribution is 2.36. The van der Waals surface area contributed by atoms with Gasteiger partial charge in [-0.1, -0.05) is 12.1 Å². The van der Waals surface area contributed by atoms with Crippen LogP contribution in [0.5, 0.6) is 0 Å². The van der Waals surface area contributed by atoms with Crippen LogP contribution in [0.15, 0.2) is 30.6 Å². The lowest BCUT2D eigenvalue weighted by atomic mass is 9.79. The largest absolute Gasteiger partial charge is 0.216 e. The molecule has 92 valence electrons. The molecular formula is C14H15F3. The van der Waals surface area contributed by atoms with E-state index < -0.39 is 11.6 Å². The molecule has 0 bridgehead atoms. The van der Waals surface area contributed by atoms with E-state index in [4.69, 9.17) is 0 Å². The molecule has 0 aromatic heterocycles. The van der Waals surface area contributed by atoms with Gasteiger partial charge < -0.3 is 0 Å². The fraction of sp³-hybridized carbons (Fsp3) is 0.429. The van der Waals surface area contributed by atoms with Crippen molar-refractivity contribution in [3.63, 3.8) is 0 Å². The van der Waals surface area contributed by atoms with Crippen LogP contribution in [0.1, 0.15) is 37.2 Å². The number of hydrogen-bond donors (Lipinski definition) is 0. The molecule has 1 aliphatic carbocycles. The molecule has 2 rings (SSSR count). The maximum Gasteiger partial charge on any atom is 0.159 e. The van der Waals surface area contributed by atoms with Crippen molar-refractivity contribution in [2.24, 2.45) is 5.92 Å². The van der Waals surface area contributed by atoms with E-state index in [1.54, 1.807) is 12.1 Å². The predicted octanol–water partition coefficient (Wildman–Crippen LogP) is 4.72. The van der Waals surface area contributed by atoms with Crippen LogP contribution >= 0.6 is 0 Å². The summed E-state index contributed by atoms with van der Waals surface area (Å²) in [6.07, 6.45) is 5.80. The molecule has 0 heterocycles. The van der Waals surface area contributed by atoms with Crippen LogP contribution in [-0.2, 0) is 0 Å². The van der Waals surface area contributed by atoms with Crippen LogP contribution in [0, 0.1) is 17.6 Å². The minimum absolute atomic E-state index is 0.273. The van der Waals surface area contributed by atoms with Crippen molar-refractivity contribution in [3.8, 4) is 0 Å². The Kier molecular flexibility index (Phi) is 3.87. The van der Waals surface area contributed by atoms with Crippen LogP contribution in [0.25, 0.3) is 0 Å². The Balaban J connectivity index is 2.02. The van der Waals surface area contributed by atoms with Crippen LogP contribution in [0.4, 0.5) is 13.2 Å². The first kappa shape index (κ1) is 12.2. The first-order valence-electron chi connectivity index (χ1n) is 5.92. The molecule has 3 heteroatoms. The molecule has 0 N–H and O–H groups in total. The second kappa shape index (κ2) is 5.39. The molecular weight excluding hydrogens is 225 g/mol. The molecule has 0 aliphatic heterocycles. The summed E-state index contributed by atoms with van der Waals surface area (Å²) in [6, 6.07) is 4.11. The number of benzene rings is 1. The van der Waals surface area contributed by atoms with E-state index in [-0.39, 0.29) is 5.92 Å². The molecule has 0 saturated heterocycles. The first-order chi connectivity index (χ1) is 8.20. The van der Waals surface area contributed by atoms with E-state index in [2.05, 4.69) is 0 Å². The van der Waals surface area contributed by atoms with Crippen LogP contribution in [0.3, 0.4) is 0 Å². The Morgan fingerprint density at radius 3 is 2.29 bits per heavy atom. The molecule has 0 spiro atoms. The minimum atomic E-state index is -0.803. The Hall–Kier alpha value is -1.25. The van der Waals surface area contributed by atoms with Crippen molar-refractivity contribution in [1.29, 1.82) is 0 Å². The Bertz CT molecular complexity index is 404. The smallest absolute Gasteiger partial charge is 0.159 e. The van der Waals surface area contributed by atoms with Crippen molar-refractivity contribution in [1.82, 2.24) is 0 Å². The first-order valence-corrected chi connectivity index (χ1v) is 5.92. The van der Waals surface area contributed by atoms with Crippen molar-refractivity contribution < 1.29 is 13.2 Å². The lowest BCUT2D eigenvalue weighted by Crippen LogP contribution is -2.12. The summed E-state index contributed by atoms with van der Waals surface area (Å²) in [7, 11) is 0. The van der Waals surface area contributed by atoms with Crippen molar-refractivity contribution in [3.05, 3.63) is 47.8 Å². The Labute approximate surface area is 99.2 Å². The number of rotatable bonds is 2. The molecule has 0 unspecified atom stereocenters. The van der Waals surface area contributed by atoms with Gasteiger partial charge in [-0.25, -0.2) is 13.2 Å². The summed E-state index contributed by atoms with van der Waals surface area (Å²) in [5.41, 5.74) is 0.853. The SMILES string of the molecule is FC=C[C@H]1CC[C@H](c2ccc(F)c(F)c2)CC1. The second-order valence-electron chi connectivity index (χ2n) is 4.60. The average molecular weight is 240 g/mol. The maximum absolute atomic E-state index is 13.1. The monoisotopic (exact) mass is 240 g/mol. The maximum atomic E-state index is 13.1. The van der Waals surface area contributed by atoms with E-state index in [1.165, 1.54) is 12.1 Å². The number of hydrogen-bond acceptors (Lipinski definition) is 0. The van der Waals surface area contributed by atoms with Crippen LogP contribution in [-0.4, -0.2) is 0 Å². The number of halogens is 3. The van der Waals surface area contributed by atoms with Gasteiger partial charge in [0, 0.05) is 0 Å². The third kappa shape index (κ3) is 2.90. The highest BCUT2D eigenvalue weighted by molar-refractivity contribution is 5.22. The predicted molar refractivity (Wildman–Crippen MR) is 61.3 cm³/mol. The third-order valence-electron chi connectivity index (χ3n) is 3.53. The Morgan fingerprint density at radius 1 is 1.00 bits per heavy atom. The summed E-state index contributed by atoms with van der Waals surface area (Å²) in [5.74, 6) is -1.02. The van der Waals surface area contributed by atoms with Gasteiger partial charge in [-0.3, -0.25) is 0 Å². The van der Waals surface area contributed by atoms with Gasteiger partial charge in [-0.2, -0.15) is 0 Å². The van der Waals surface area contributed by atoms with E-state index in [9.17, 15) is 13.2 Å². The Morgan fingerprint density at radius 2 is 1.71 bits per heavy atom. The zero-order valence-corrected chi connectivity index (χ0v) is 9.50. The molecule has 1 fully saturated rings. The molecule has 1 saturated carbocycles. The summed E-state index contributed by atoms with van der Waals surface area (Å²) in [4.78, 5) is 0. The van der Waals surface area contributed by atoms with E-state index in [0.29, 0.717) is 12.2 Å². The van der Waals surface area contributed by atoms with Gasteiger partial charge in [-0.15, -0.1) is 0 Å². The van der Waals surface area contributed by atoms with Crippen molar-refractivity contribution in [2.75, 3.05) is 0 Å². The van der Waals surface area contributed by atoms with Gasteiger partial charge in [0.05, 0.1) is 6.33 Å². The fourth-order valence-corrected chi connectivity index (χ4v) is 2.51. The highest BCUT2D eigenvalue weighted by atomic mass is 19.2. The standard InChI is InChI=1S/C14H15F3/c15-8-7-10-1-3-11(4-2-10)12-5-6-13(16)14(17)9-12/h5-11H,1-4H2/t10-,11-. The lowest BCUT2D eigenvalue weighted by Gasteiger charge is -2.26. The summed E-state index contributed by atoms with van der Waals surface area (Å²) in [5, 5.41) is 0. The third-order valence-corrected chi connectivity index (χ3v) is 3.53. The van der Waals surface area contributed by atoms with Gasteiger partial charge in [-0.05, 0) is 55.2 Å². The topological polar surface area (TPSA) is 0 Å². The summed E-state index contributed by atoms with van der Waals surface area (Å²) < 4.78 is 37.9. The summed E-state index contributed by atoms with van der Waals surface area (Å²) >= 11 is 0. The van der Waals surface area contributed by atoms with Gasteiger partial charge in [0.1, 0.15) is 0 Å². The molecule has 17 heavy (non-hydrogen) atoms. The number of allylic oxidation sites excluding steroid dienone is 1.